The van der Waals surface area contributed by atoms with Gasteiger partial charge >= 0.3 is 0 Å². The van der Waals surface area contributed by atoms with Crippen LogP contribution in [-0.4, -0.2) is 32.0 Å². The quantitative estimate of drug-likeness (QED) is 0.745. The maximum atomic E-state index is 11.6. The van der Waals surface area contributed by atoms with Crippen LogP contribution in [0.5, 0.6) is 0 Å². The average molecular weight is 270 g/mol. The van der Waals surface area contributed by atoms with Crippen molar-refractivity contribution in [2.75, 3.05) is 25.5 Å². The van der Waals surface area contributed by atoms with E-state index >= 15 is 0 Å². The SMILES string of the molecule is CNC(=O)CNCC(=O)Nc1cccc(Cl)c1C. The number of halogens is 1. The van der Waals surface area contributed by atoms with Crippen molar-refractivity contribution < 1.29 is 9.59 Å². The zero-order chi connectivity index (χ0) is 13.5. The highest BCUT2D eigenvalue weighted by atomic mass is 35.5. The molecule has 18 heavy (non-hydrogen) atoms. The molecule has 0 heterocycles. The number of rotatable bonds is 5. The standard InChI is InChI=1S/C12H16ClN3O2/c1-8-9(13)4-3-5-10(8)16-12(18)7-15-6-11(17)14-2/h3-5,15H,6-7H2,1-2H3,(H,14,17)(H,16,18). The molecule has 0 aliphatic rings. The molecule has 5 nitrogen and oxygen atoms in total. The Bertz CT molecular complexity index is 449. The van der Waals surface area contributed by atoms with Gasteiger partial charge in [-0.3, -0.25) is 14.9 Å². The Balaban J connectivity index is 2.45. The van der Waals surface area contributed by atoms with E-state index in [1.807, 2.05) is 6.92 Å². The summed E-state index contributed by atoms with van der Waals surface area (Å²) in [5, 5.41) is 8.52. The Kier molecular flexibility index (Phi) is 5.61. The first-order valence-electron chi connectivity index (χ1n) is 5.51. The topological polar surface area (TPSA) is 70.2 Å². The second-order valence-corrected chi connectivity index (χ2v) is 4.14. The molecule has 0 aliphatic heterocycles. The summed E-state index contributed by atoms with van der Waals surface area (Å²) in [5.74, 6) is -0.383. The van der Waals surface area contributed by atoms with Crippen molar-refractivity contribution in [3.8, 4) is 0 Å². The summed E-state index contributed by atoms with van der Waals surface area (Å²) in [7, 11) is 1.54. The second kappa shape index (κ2) is 6.98. The van der Waals surface area contributed by atoms with E-state index in [0.717, 1.165) is 5.56 Å². The molecule has 0 radical (unpaired) electrons. The molecule has 1 aromatic rings. The minimum atomic E-state index is -0.218. The van der Waals surface area contributed by atoms with Crippen LogP contribution in [0.15, 0.2) is 18.2 Å². The lowest BCUT2D eigenvalue weighted by molar-refractivity contribution is -0.119. The highest BCUT2D eigenvalue weighted by Gasteiger charge is 2.06. The fourth-order valence-corrected chi connectivity index (χ4v) is 1.49. The van der Waals surface area contributed by atoms with E-state index in [1.54, 1.807) is 25.2 Å². The first kappa shape index (κ1) is 14.5. The van der Waals surface area contributed by atoms with Crippen molar-refractivity contribution in [3.05, 3.63) is 28.8 Å². The normalized spacial score (nSPS) is 9.94. The van der Waals surface area contributed by atoms with Crippen LogP contribution in [0.3, 0.4) is 0 Å². The van der Waals surface area contributed by atoms with Gasteiger partial charge in [-0.2, -0.15) is 0 Å². The number of likely N-dealkylation sites (N-methyl/N-ethyl adjacent to an activating group) is 1. The molecule has 0 aliphatic carbocycles. The second-order valence-electron chi connectivity index (χ2n) is 3.74. The van der Waals surface area contributed by atoms with E-state index < -0.39 is 0 Å². The van der Waals surface area contributed by atoms with Crippen molar-refractivity contribution in [1.82, 2.24) is 10.6 Å². The van der Waals surface area contributed by atoms with Gasteiger partial charge in [-0.05, 0) is 24.6 Å². The van der Waals surface area contributed by atoms with Crippen LogP contribution >= 0.6 is 11.6 Å². The van der Waals surface area contributed by atoms with Crippen LogP contribution in [0.4, 0.5) is 5.69 Å². The fourth-order valence-electron chi connectivity index (χ4n) is 1.32. The highest BCUT2D eigenvalue weighted by Crippen LogP contribution is 2.22. The van der Waals surface area contributed by atoms with Crippen LogP contribution < -0.4 is 16.0 Å². The monoisotopic (exact) mass is 269 g/mol. The zero-order valence-electron chi connectivity index (χ0n) is 10.3. The third kappa shape index (κ3) is 4.35. The average Bonchev–Trinajstić information content (AvgIpc) is 2.34. The number of anilines is 1. The third-order valence-electron chi connectivity index (χ3n) is 2.39. The van der Waals surface area contributed by atoms with Crippen LogP contribution in [-0.2, 0) is 9.59 Å². The molecule has 2 amide bonds. The summed E-state index contributed by atoms with van der Waals surface area (Å²) < 4.78 is 0. The molecule has 3 N–H and O–H groups in total. The number of carbonyl (C=O) groups excluding carboxylic acids is 2. The van der Waals surface area contributed by atoms with E-state index in [2.05, 4.69) is 16.0 Å². The minimum absolute atomic E-state index is 0.0688. The molecule has 0 spiro atoms. The molecule has 0 unspecified atom stereocenters. The van der Waals surface area contributed by atoms with Gasteiger partial charge in [0.05, 0.1) is 13.1 Å². The van der Waals surface area contributed by atoms with E-state index in [-0.39, 0.29) is 24.9 Å². The molecule has 0 saturated carbocycles. The first-order chi connectivity index (χ1) is 8.54. The highest BCUT2D eigenvalue weighted by molar-refractivity contribution is 6.31. The van der Waals surface area contributed by atoms with Crippen molar-refractivity contribution >= 4 is 29.1 Å². The molecule has 6 heteroatoms. The van der Waals surface area contributed by atoms with Crippen molar-refractivity contribution in [2.24, 2.45) is 0 Å². The van der Waals surface area contributed by atoms with Gasteiger partial charge in [-0.15, -0.1) is 0 Å². The summed E-state index contributed by atoms with van der Waals surface area (Å²) in [6.07, 6.45) is 0. The van der Waals surface area contributed by atoms with Crippen molar-refractivity contribution in [2.45, 2.75) is 6.92 Å². The Morgan fingerprint density at radius 3 is 2.56 bits per heavy atom. The van der Waals surface area contributed by atoms with Gasteiger partial charge in [0.25, 0.3) is 0 Å². The van der Waals surface area contributed by atoms with E-state index in [9.17, 15) is 9.59 Å². The van der Waals surface area contributed by atoms with Gasteiger partial charge in [0, 0.05) is 17.8 Å². The molecule has 0 saturated heterocycles. The first-order valence-corrected chi connectivity index (χ1v) is 5.88. The maximum absolute atomic E-state index is 11.6. The maximum Gasteiger partial charge on any atom is 0.238 e. The minimum Gasteiger partial charge on any atom is -0.358 e. The number of benzene rings is 1. The number of amides is 2. The lowest BCUT2D eigenvalue weighted by Crippen LogP contribution is -2.36. The van der Waals surface area contributed by atoms with Crippen LogP contribution in [0.25, 0.3) is 0 Å². The molecule has 0 atom stereocenters. The predicted octanol–water partition coefficient (Wildman–Crippen LogP) is 0.923. The summed E-state index contributed by atoms with van der Waals surface area (Å²) >= 11 is 5.94. The number of hydrogen-bond donors (Lipinski definition) is 3. The van der Waals surface area contributed by atoms with Crippen LogP contribution in [0.1, 0.15) is 5.56 Å². The zero-order valence-corrected chi connectivity index (χ0v) is 11.1. The predicted molar refractivity (Wildman–Crippen MR) is 71.8 cm³/mol. The van der Waals surface area contributed by atoms with Gasteiger partial charge in [-0.1, -0.05) is 17.7 Å². The molecular formula is C12H16ClN3O2. The van der Waals surface area contributed by atoms with Crippen molar-refractivity contribution in [3.63, 3.8) is 0 Å². The Hall–Kier alpha value is -1.59. The van der Waals surface area contributed by atoms with Crippen LogP contribution in [0, 0.1) is 6.92 Å². The van der Waals surface area contributed by atoms with Gasteiger partial charge in [0.15, 0.2) is 0 Å². The summed E-state index contributed by atoms with van der Waals surface area (Å²) in [6.45, 7) is 2.01. The van der Waals surface area contributed by atoms with Gasteiger partial charge in [0.2, 0.25) is 11.8 Å². The van der Waals surface area contributed by atoms with E-state index in [1.165, 1.54) is 0 Å². The van der Waals surface area contributed by atoms with Gasteiger partial charge < -0.3 is 10.6 Å². The summed E-state index contributed by atoms with van der Waals surface area (Å²) in [4.78, 5) is 22.5. The van der Waals surface area contributed by atoms with Gasteiger partial charge in [-0.25, -0.2) is 0 Å². The van der Waals surface area contributed by atoms with E-state index in [0.29, 0.717) is 10.7 Å². The molecule has 1 aromatic carbocycles. The smallest absolute Gasteiger partial charge is 0.238 e. The molecule has 98 valence electrons. The molecule has 0 bridgehead atoms. The third-order valence-corrected chi connectivity index (χ3v) is 2.80. The molecular weight excluding hydrogens is 254 g/mol. The molecule has 0 fully saturated rings. The summed E-state index contributed by atoms with van der Waals surface area (Å²) in [5.41, 5.74) is 1.49. The summed E-state index contributed by atoms with van der Waals surface area (Å²) in [6, 6.07) is 5.30. The number of carbonyl (C=O) groups is 2. The lowest BCUT2D eigenvalue weighted by Gasteiger charge is -2.09. The Labute approximate surface area is 111 Å². The number of hydrogen-bond acceptors (Lipinski definition) is 3. The van der Waals surface area contributed by atoms with Crippen LogP contribution in [0.2, 0.25) is 5.02 Å². The number of nitrogens with one attached hydrogen (secondary N) is 3. The Morgan fingerprint density at radius 2 is 1.89 bits per heavy atom. The van der Waals surface area contributed by atoms with Crippen molar-refractivity contribution in [1.29, 1.82) is 0 Å². The molecule has 1 rings (SSSR count). The largest absolute Gasteiger partial charge is 0.358 e. The van der Waals surface area contributed by atoms with Gasteiger partial charge in [0.1, 0.15) is 0 Å². The molecule has 0 aromatic heterocycles. The van der Waals surface area contributed by atoms with E-state index in [4.69, 9.17) is 11.6 Å². The fraction of sp³-hybridized carbons (Fsp3) is 0.333. The lowest BCUT2D eigenvalue weighted by atomic mass is 10.2. The Morgan fingerprint density at radius 1 is 1.22 bits per heavy atom.